The van der Waals surface area contributed by atoms with Crippen LogP contribution < -0.4 is 4.90 Å². The summed E-state index contributed by atoms with van der Waals surface area (Å²) in [6.07, 6.45) is 0. The zero-order valence-corrected chi connectivity index (χ0v) is 21.7. The van der Waals surface area contributed by atoms with Gasteiger partial charge in [0.2, 0.25) is 0 Å². The van der Waals surface area contributed by atoms with Crippen molar-refractivity contribution in [3.05, 3.63) is 74.1 Å². The van der Waals surface area contributed by atoms with Gasteiger partial charge >= 0.3 is 0 Å². The van der Waals surface area contributed by atoms with Gasteiger partial charge in [0.25, 0.3) is 0 Å². The van der Waals surface area contributed by atoms with Crippen LogP contribution in [0.2, 0.25) is 0 Å². The molecule has 0 aliphatic heterocycles. The highest BCUT2D eigenvalue weighted by molar-refractivity contribution is 5.96. The van der Waals surface area contributed by atoms with E-state index in [9.17, 15) is 0 Å². The first kappa shape index (κ1) is 29.0. The molecule has 1 aromatic heterocycles. The van der Waals surface area contributed by atoms with E-state index in [0.29, 0.717) is 0 Å². The number of aryl methyl sites for hydroxylation is 3. The number of aromatic nitrogens is 2. The zero-order valence-electron chi connectivity index (χ0n) is 21.7. The summed E-state index contributed by atoms with van der Waals surface area (Å²) in [6.45, 7) is 19.5. The average Bonchev–Trinajstić information content (AvgIpc) is 2.78. The molecule has 3 aromatic rings. The molecular formula is C26H40N4O2. The highest BCUT2D eigenvalue weighted by atomic mass is 16.6. The summed E-state index contributed by atoms with van der Waals surface area (Å²) in [5, 5.41) is 9.99. The van der Waals surface area contributed by atoms with E-state index in [0.717, 1.165) is 30.8 Å². The molecule has 0 N–H and O–H groups in total. The molecule has 0 fully saturated rings. The third kappa shape index (κ3) is 7.59. The van der Waals surface area contributed by atoms with Crippen LogP contribution in [0.15, 0.2) is 30.3 Å². The first-order valence-corrected chi connectivity index (χ1v) is 11.2. The van der Waals surface area contributed by atoms with Crippen molar-refractivity contribution in [3.63, 3.8) is 0 Å². The molecule has 0 saturated heterocycles. The van der Waals surface area contributed by atoms with Gasteiger partial charge in [-0.2, -0.15) is 0 Å². The molecule has 32 heavy (non-hydrogen) atoms. The molecule has 2 aromatic carbocycles. The Balaban J connectivity index is 0.00000106. The van der Waals surface area contributed by atoms with Gasteiger partial charge in [-0.05, 0) is 62.4 Å². The Morgan fingerprint density at radius 3 is 1.81 bits per heavy atom. The fraction of sp³-hybridized carbons (Fsp3) is 0.462. The van der Waals surface area contributed by atoms with Crippen molar-refractivity contribution < 1.29 is 4.92 Å². The molecule has 6 nitrogen and oxygen atoms in total. The fourth-order valence-electron chi connectivity index (χ4n) is 3.31. The normalized spacial score (nSPS) is 9.47. The van der Waals surface area contributed by atoms with Crippen LogP contribution in [0, 0.1) is 44.7 Å². The van der Waals surface area contributed by atoms with Gasteiger partial charge in [-0.25, -0.2) is 9.97 Å². The van der Waals surface area contributed by atoms with Crippen molar-refractivity contribution in [3.8, 4) is 0 Å². The second kappa shape index (κ2) is 14.1. The lowest BCUT2D eigenvalue weighted by Gasteiger charge is -2.23. The summed E-state index contributed by atoms with van der Waals surface area (Å²) in [6, 6.07) is 10.5. The SMILES string of the molecule is CC.CC.C[N+](=O)[O-].Cc1nc(N(C)Cc2ccccc2)c2c(C)c(C)c(C)c(C)c2n1. The van der Waals surface area contributed by atoms with Gasteiger partial charge in [0.15, 0.2) is 7.05 Å². The lowest BCUT2D eigenvalue weighted by Crippen LogP contribution is -2.19. The molecule has 0 atom stereocenters. The standard InChI is InChI=1S/C21H25N3.2C2H6.CH3NO2/c1-13-14(2)16(4)20-19(15(13)3)21(23-17(5)22-20)24(6)12-18-10-8-7-9-11-18;2*1-2;1-2(3)4/h7-11H,12H2,1-6H3;2*1-2H3;1H3. The summed E-state index contributed by atoms with van der Waals surface area (Å²) in [5.74, 6) is 1.84. The van der Waals surface area contributed by atoms with E-state index in [1.807, 2.05) is 40.7 Å². The molecule has 0 aliphatic rings. The zero-order chi connectivity index (χ0) is 25.0. The molecule has 0 aliphatic carbocycles. The Morgan fingerprint density at radius 2 is 1.31 bits per heavy atom. The predicted octanol–water partition coefficient (Wildman–Crippen LogP) is 6.75. The summed E-state index contributed by atoms with van der Waals surface area (Å²) in [7, 11) is 3.00. The van der Waals surface area contributed by atoms with Gasteiger partial charge in [-0.3, -0.25) is 10.1 Å². The number of nitro groups is 1. The molecule has 0 bridgehead atoms. The molecule has 0 radical (unpaired) electrons. The highest BCUT2D eigenvalue weighted by Crippen LogP contribution is 2.33. The number of fused-ring (bicyclic) bond motifs is 1. The minimum Gasteiger partial charge on any atom is -0.355 e. The molecule has 0 amide bonds. The van der Waals surface area contributed by atoms with Crippen molar-refractivity contribution in [1.29, 1.82) is 0 Å². The lowest BCUT2D eigenvalue weighted by molar-refractivity contribution is -0.445. The molecule has 3 rings (SSSR count). The first-order chi connectivity index (χ1) is 15.1. The van der Waals surface area contributed by atoms with Crippen LogP contribution in [0.25, 0.3) is 10.9 Å². The van der Waals surface area contributed by atoms with Gasteiger partial charge < -0.3 is 4.90 Å². The van der Waals surface area contributed by atoms with Crippen molar-refractivity contribution in [2.24, 2.45) is 0 Å². The lowest BCUT2D eigenvalue weighted by atomic mass is 9.94. The average molecular weight is 441 g/mol. The summed E-state index contributed by atoms with van der Waals surface area (Å²) in [4.78, 5) is 20.1. The van der Waals surface area contributed by atoms with Crippen LogP contribution in [0.5, 0.6) is 0 Å². The van der Waals surface area contributed by atoms with E-state index in [-0.39, 0.29) is 0 Å². The monoisotopic (exact) mass is 440 g/mol. The maximum atomic E-state index is 8.81. The Labute approximate surface area is 193 Å². The van der Waals surface area contributed by atoms with Gasteiger partial charge in [0.1, 0.15) is 11.6 Å². The van der Waals surface area contributed by atoms with Gasteiger partial charge in [-0.1, -0.05) is 58.0 Å². The van der Waals surface area contributed by atoms with E-state index in [1.54, 1.807) is 0 Å². The third-order valence-corrected chi connectivity index (χ3v) is 5.04. The molecule has 0 unspecified atom stereocenters. The van der Waals surface area contributed by atoms with Crippen molar-refractivity contribution >= 4 is 16.7 Å². The van der Waals surface area contributed by atoms with E-state index in [1.165, 1.54) is 33.2 Å². The van der Waals surface area contributed by atoms with Crippen molar-refractivity contribution in [2.75, 3.05) is 19.0 Å². The largest absolute Gasteiger partial charge is 0.355 e. The number of benzene rings is 2. The quantitative estimate of drug-likeness (QED) is 0.332. The maximum absolute atomic E-state index is 8.81. The summed E-state index contributed by atoms with van der Waals surface area (Å²) in [5.41, 5.74) is 7.56. The second-order valence-corrected chi connectivity index (χ2v) is 7.10. The van der Waals surface area contributed by atoms with Crippen LogP contribution in [0.3, 0.4) is 0 Å². The number of nitrogens with zero attached hydrogens (tertiary/aromatic N) is 4. The van der Waals surface area contributed by atoms with Gasteiger partial charge in [0, 0.05) is 23.9 Å². The fourth-order valence-corrected chi connectivity index (χ4v) is 3.31. The second-order valence-electron chi connectivity index (χ2n) is 7.10. The van der Waals surface area contributed by atoms with Crippen LogP contribution >= 0.6 is 0 Å². The molecule has 6 heteroatoms. The number of rotatable bonds is 3. The van der Waals surface area contributed by atoms with Crippen molar-refractivity contribution in [2.45, 2.75) is 68.9 Å². The van der Waals surface area contributed by atoms with Crippen LogP contribution in [-0.2, 0) is 6.54 Å². The summed E-state index contributed by atoms with van der Waals surface area (Å²) < 4.78 is 0. The van der Waals surface area contributed by atoms with Gasteiger partial charge in [0.05, 0.1) is 5.52 Å². The molecule has 0 saturated carbocycles. The van der Waals surface area contributed by atoms with Gasteiger partial charge in [-0.15, -0.1) is 0 Å². The number of hydrogen-bond acceptors (Lipinski definition) is 5. The third-order valence-electron chi connectivity index (χ3n) is 5.04. The molecule has 176 valence electrons. The molecular weight excluding hydrogens is 400 g/mol. The van der Waals surface area contributed by atoms with E-state index in [2.05, 4.69) is 63.9 Å². The predicted molar refractivity (Wildman–Crippen MR) is 137 cm³/mol. The van der Waals surface area contributed by atoms with E-state index in [4.69, 9.17) is 20.1 Å². The minimum absolute atomic E-state index is 0.500. The van der Waals surface area contributed by atoms with E-state index >= 15 is 0 Å². The van der Waals surface area contributed by atoms with Crippen LogP contribution in [-0.4, -0.2) is 29.0 Å². The smallest absolute Gasteiger partial charge is 0.194 e. The van der Waals surface area contributed by atoms with Crippen LogP contribution in [0.1, 0.15) is 61.3 Å². The maximum Gasteiger partial charge on any atom is 0.194 e. The topological polar surface area (TPSA) is 72.2 Å². The molecule has 0 spiro atoms. The Hall–Kier alpha value is -3.02. The highest BCUT2D eigenvalue weighted by Gasteiger charge is 2.17. The van der Waals surface area contributed by atoms with Crippen LogP contribution in [0.4, 0.5) is 5.82 Å². The number of hydrogen-bond donors (Lipinski definition) is 0. The van der Waals surface area contributed by atoms with E-state index < -0.39 is 4.92 Å². The minimum atomic E-state index is -0.500. The Bertz CT molecular complexity index is 998. The Morgan fingerprint density at radius 1 is 0.844 bits per heavy atom. The number of anilines is 1. The van der Waals surface area contributed by atoms with Crippen molar-refractivity contribution in [1.82, 2.24) is 9.97 Å². The Kier molecular flexibility index (Phi) is 12.8. The summed E-state index contributed by atoms with van der Waals surface area (Å²) >= 11 is 0. The molecule has 1 heterocycles. The first-order valence-electron chi connectivity index (χ1n) is 11.2.